The second-order valence-electron chi connectivity index (χ2n) is 3.90. The highest BCUT2D eigenvalue weighted by Gasteiger charge is 2.01. The average Bonchev–Trinajstić information content (AvgIpc) is 2.29. The zero-order valence-electron chi connectivity index (χ0n) is 10.1. The van der Waals surface area contributed by atoms with Crippen LogP contribution in [0.4, 0.5) is 5.69 Å². The van der Waals surface area contributed by atoms with Crippen molar-refractivity contribution in [1.82, 2.24) is 0 Å². The molecule has 0 aliphatic carbocycles. The van der Waals surface area contributed by atoms with Crippen molar-refractivity contribution in [3.05, 3.63) is 29.3 Å². The largest absolute Gasteiger partial charge is 0.385 e. The van der Waals surface area contributed by atoms with Crippen molar-refractivity contribution in [1.29, 1.82) is 5.26 Å². The topological polar surface area (TPSA) is 35.8 Å². The molecule has 0 radical (unpaired) electrons. The molecular formula is C13H18N2S. The van der Waals surface area contributed by atoms with Crippen molar-refractivity contribution in [3.63, 3.8) is 0 Å². The van der Waals surface area contributed by atoms with Crippen LogP contribution in [0.15, 0.2) is 18.2 Å². The molecule has 0 bridgehead atoms. The lowest BCUT2D eigenvalue weighted by Gasteiger charge is -2.10. The molecule has 0 amide bonds. The first-order chi connectivity index (χ1) is 7.67. The van der Waals surface area contributed by atoms with Gasteiger partial charge < -0.3 is 5.32 Å². The van der Waals surface area contributed by atoms with Crippen molar-refractivity contribution >= 4 is 17.4 Å². The van der Waals surface area contributed by atoms with Crippen LogP contribution in [0.2, 0.25) is 0 Å². The van der Waals surface area contributed by atoms with E-state index in [-0.39, 0.29) is 0 Å². The van der Waals surface area contributed by atoms with Crippen LogP contribution >= 0.6 is 11.8 Å². The van der Waals surface area contributed by atoms with Crippen LogP contribution in [0.5, 0.6) is 0 Å². The molecule has 2 nitrogen and oxygen atoms in total. The highest BCUT2D eigenvalue weighted by molar-refractivity contribution is 7.99. The van der Waals surface area contributed by atoms with Crippen molar-refractivity contribution in [2.24, 2.45) is 0 Å². The summed E-state index contributed by atoms with van der Waals surface area (Å²) in [7, 11) is 0. The molecular weight excluding hydrogens is 216 g/mol. The lowest BCUT2D eigenvalue weighted by Crippen LogP contribution is -2.07. The third kappa shape index (κ3) is 3.79. The Morgan fingerprint density at radius 2 is 2.25 bits per heavy atom. The Bertz CT molecular complexity index is 382. The SMILES string of the molecule is CSC(C)CCNc1ccc(C#N)c(C)c1. The summed E-state index contributed by atoms with van der Waals surface area (Å²) in [5.74, 6) is 0. The maximum absolute atomic E-state index is 8.82. The van der Waals surface area contributed by atoms with Crippen molar-refractivity contribution in [2.45, 2.75) is 25.5 Å². The zero-order valence-corrected chi connectivity index (χ0v) is 10.9. The summed E-state index contributed by atoms with van der Waals surface area (Å²) < 4.78 is 0. The van der Waals surface area contributed by atoms with E-state index in [1.807, 2.05) is 36.9 Å². The van der Waals surface area contributed by atoms with Crippen LogP contribution in [0.3, 0.4) is 0 Å². The number of hydrogen-bond donors (Lipinski definition) is 1. The van der Waals surface area contributed by atoms with Gasteiger partial charge in [0.05, 0.1) is 11.6 Å². The van der Waals surface area contributed by atoms with Crippen molar-refractivity contribution in [2.75, 3.05) is 18.1 Å². The number of benzene rings is 1. The summed E-state index contributed by atoms with van der Waals surface area (Å²) in [5.41, 5.74) is 2.89. The van der Waals surface area contributed by atoms with Gasteiger partial charge in [0.2, 0.25) is 0 Å². The van der Waals surface area contributed by atoms with Gasteiger partial charge in [-0.3, -0.25) is 0 Å². The van der Waals surface area contributed by atoms with Gasteiger partial charge in [-0.2, -0.15) is 17.0 Å². The monoisotopic (exact) mass is 234 g/mol. The fourth-order valence-electron chi connectivity index (χ4n) is 1.44. The van der Waals surface area contributed by atoms with Gasteiger partial charge in [-0.15, -0.1) is 0 Å². The number of hydrogen-bond acceptors (Lipinski definition) is 3. The first-order valence-corrected chi connectivity index (χ1v) is 6.73. The van der Waals surface area contributed by atoms with E-state index >= 15 is 0 Å². The third-order valence-corrected chi connectivity index (χ3v) is 3.67. The number of rotatable bonds is 5. The van der Waals surface area contributed by atoms with E-state index in [9.17, 15) is 0 Å². The molecule has 3 heteroatoms. The predicted octanol–water partition coefficient (Wildman–Crippen LogP) is 3.42. The Labute approximate surface area is 102 Å². The lowest BCUT2D eigenvalue weighted by molar-refractivity contribution is 0.853. The summed E-state index contributed by atoms with van der Waals surface area (Å²) in [6.07, 6.45) is 3.29. The van der Waals surface area contributed by atoms with E-state index in [1.54, 1.807) is 0 Å². The number of anilines is 1. The molecule has 0 aromatic heterocycles. The minimum absolute atomic E-state index is 0.687. The van der Waals surface area contributed by atoms with Gasteiger partial charge in [0.1, 0.15) is 0 Å². The number of nitriles is 1. The fraction of sp³-hybridized carbons (Fsp3) is 0.462. The number of nitrogens with one attached hydrogen (secondary N) is 1. The van der Waals surface area contributed by atoms with Crippen LogP contribution in [0, 0.1) is 18.3 Å². The molecule has 1 unspecified atom stereocenters. The van der Waals surface area contributed by atoms with Gasteiger partial charge in [0.15, 0.2) is 0 Å². The summed E-state index contributed by atoms with van der Waals surface area (Å²) >= 11 is 1.89. The van der Waals surface area contributed by atoms with Crippen LogP contribution in [0.1, 0.15) is 24.5 Å². The standard InChI is InChI=1S/C13H18N2S/c1-10-8-13(5-4-12(10)9-14)15-7-6-11(2)16-3/h4-5,8,11,15H,6-7H2,1-3H3. The molecule has 1 aromatic rings. The van der Waals surface area contributed by atoms with E-state index in [0.717, 1.165) is 29.8 Å². The average molecular weight is 234 g/mol. The minimum Gasteiger partial charge on any atom is -0.385 e. The van der Waals surface area contributed by atoms with Gasteiger partial charge in [-0.05, 0) is 43.4 Å². The smallest absolute Gasteiger partial charge is 0.0994 e. The quantitative estimate of drug-likeness (QED) is 0.848. The van der Waals surface area contributed by atoms with Gasteiger partial charge in [0.25, 0.3) is 0 Å². The minimum atomic E-state index is 0.687. The Morgan fingerprint density at radius 1 is 1.50 bits per heavy atom. The zero-order chi connectivity index (χ0) is 12.0. The molecule has 0 saturated carbocycles. The van der Waals surface area contributed by atoms with Gasteiger partial charge in [-0.1, -0.05) is 6.92 Å². The molecule has 0 aliphatic rings. The predicted molar refractivity (Wildman–Crippen MR) is 72.0 cm³/mol. The molecule has 0 fully saturated rings. The fourth-order valence-corrected chi connectivity index (χ4v) is 1.79. The number of aryl methyl sites for hydroxylation is 1. The molecule has 0 spiro atoms. The maximum atomic E-state index is 8.82. The lowest BCUT2D eigenvalue weighted by atomic mass is 10.1. The highest BCUT2D eigenvalue weighted by atomic mass is 32.2. The van der Waals surface area contributed by atoms with Crippen LogP contribution in [-0.2, 0) is 0 Å². The summed E-state index contributed by atoms with van der Waals surface area (Å²) in [5, 5.41) is 12.9. The van der Waals surface area contributed by atoms with E-state index in [4.69, 9.17) is 5.26 Å². The molecule has 1 aromatic carbocycles. The van der Waals surface area contributed by atoms with E-state index in [2.05, 4.69) is 24.6 Å². The summed E-state index contributed by atoms with van der Waals surface area (Å²) in [6, 6.07) is 8.04. The van der Waals surface area contributed by atoms with Crippen LogP contribution < -0.4 is 5.32 Å². The molecule has 0 saturated heterocycles. The Hall–Kier alpha value is -1.14. The second kappa shape index (κ2) is 6.44. The molecule has 0 aliphatic heterocycles. The van der Waals surface area contributed by atoms with E-state index < -0.39 is 0 Å². The molecule has 1 rings (SSSR count). The number of nitrogens with zero attached hydrogens (tertiary/aromatic N) is 1. The number of thioether (sulfide) groups is 1. The van der Waals surface area contributed by atoms with E-state index in [1.165, 1.54) is 0 Å². The third-order valence-electron chi connectivity index (χ3n) is 2.63. The maximum Gasteiger partial charge on any atom is 0.0994 e. The van der Waals surface area contributed by atoms with Crippen molar-refractivity contribution in [3.8, 4) is 6.07 Å². The van der Waals surface area contributed by atoms with Crippen LogP contribution in [-0.4, -0.2) is 18.1 Å². The second-order valence-corrected chi connectivity index (χ2v) is 5.18. The molecule has 16 heavy (non-hydrogen) atoms. The molecule has 1 N–H and O–H groups in total. The van der Waals surface area contributed by atoms with Gasteiger partial charge >= 0.3 is 0 Å². The van der Waals surface area contributed by atoms with Gasteiger partial charge in [-0.25, -0.2) is 0 Å². The molecule has 86 valence electrons. The van der Waals surface area contributed by atoms with E-state index in [0.29, 0.717) is 5.25 Å². The van der Waals surface area contributed by atoms with Crippen molar-refractivity contribution < 1.29 is 0 Å². The summed E-state index contributed by atoms with van der Waals surface area (Å²) in [6.45, 7) is 5.18. The van der Waals surface area contributed by atoms with Crippen LogP contribution in [0.25, 0.3) is 0 Å². The van der Waals surface area contributed by atoms with Gasteiger partial charge in [0, 0.05) is 17.5 Å². The highest BCUT2D eigenvalue weighted by Crippen LogP contribution is 2.15. The first-order valence-electron chi connectivity index (χ1n) is 5.44. The summed E-state index contributed by atoms with van der Waals surface area (Å²) in [4.78, 5) is 0. The Balaban J connectivity index is 2.50. The Morgan fingerprint density at radius 3 is 2.81 bits per heavy atom. The normalized spacial score (nSPS) is 11.9. The Kier molecular flexibility index (Phi) is 5.21. The first kappa shape index (κ1) is 12.9. The molecule has 1 atom stereocenters. The molecule has 0 heterocycles.